The molecule has 0 aliphatic carbocycles. The van der Waals surface area contributed by atoms with Gasteiger partial charge in [0.1, 0.15) is 6.61 Å². The number of aliphatic hydroxyl groups excluding tert-OH is 1. The number of carbonyl (C=O) groups excluding carboxylic acids is 2. The number of esters is 1. The van der Waals surface area contributed by atoms with E-state index >= 15 is 0 Å². The number of ether oxygens (including phenoxy) is 1. The molecule has 0 bridgehead atoms. The van der Waals surface area contributed by atoms with Crippen molar-refractivity contribution in [3.63, 3.8) is 0 Å². The molecule has 1 aliphatic rings. The zero-order valence-corrected chi connectivity index (χ0v) is 13.7. The van der Waals surface area contributed by atoms with Gasteiger partial charge in [0.05, 0.1) is 0 Å². The fourth-order valence-corrected chi connectivity index (χ4v) is 3.19. The molecule has 1 aliphatic heterocycles. The molecule has 23 heavy (non-hydrogen) atoms. The van der Waals surface area contributed by atoms with Gasteiger partial charge in [-0.05, 0) is 43.1 Å². The number of rotatable bonds is 7. The highest BCUT2D eigenvalue weighted by Crippen LogP contribution is 2.32. The summed E-state index contributed by atoms with van der Waals surface area (Å²) in [7, 11) is 0. The number of aliphatic hydroxyl groups is 1. The monoisotopic (exact) mass is 316 g/mol. The van der Waals surface area contributed by atoms with Crippen molar-refractivity contribution >= 4 is 11.8 Å². The molecule has 0 spiro atoms. The van der Waals surface area contributed by atoms with Crippen molar-refractivity contribution in [2.45, 2.75) is 45.4 Å². The Kier molecular flexibility index (Phi) is 5.97. The SMILES string of the molecule is CCC(CCC(CC)c1ccccc1)C1=C(O)C(=O)C(=O)OC1. The first-order valence-corrected chi connectivity index (χ1v) is 8.26. The lowest BCUT2D eigenvalue weighted by molar-refractivity contribution is -0.154. The van der Waals surface area contributed by atoms with Gasteiger partial charge in [-0.25, -0.2) is 4.79 Å². The fourth-order valence-electron chi connectivity index (χ4n) is 3.19. The smallest absolute Gasteiger partial charge is 0.383 e. The Hall–Kier alpha value is -2.10. The molecule has 1 heterocycles. The third-order valence-corrected chi connectivity index (χ3v) is 4.68. The molecular weight excluding hydrogens is 292 g/mol. The number of carbonyl (C=O) groups is 2. The van der Waals surface area contributed by atoms with Crippen LogP contribution in [-0.4, -0.2) is 23.5 Å². The average molecular weight is 316 g/mol. The van der Waals surface area contributed by atoms with E-state index < -0.39 is 17.5 Å². The van der Waals surface area contributed by atoms with Gasteiger partial charge in [0.15, 0.2) is 5.76 Å². The van der Waals surface area contributed by atoms with Crippen LogP contribution in [0, 0.1) is 5.92 Å². The Labute approximate surface area is 137 Å². The topological polar surface area (TPSA) is 63.6 Å². The summed E-state index contributed by atoms with van der Waals surface area (Å²) in [6, 6.07) is 10.4. The summed E-state index contributed by atoms with van der Waals surface area (Å²) >= 11 is 0. The Morgan fingerprint density at radius 1 is 1.04 bits per heavy atom. The van der Waals surface area contributed by atoms with Gasteiger partial charge in [0.25, 0.3) is 0 Å². The third kappa shape index (κ3) is 4.01. The van der Waals surface area contributed by atoms with Crippen LogP contribution in [0.15, 0.2) is 41.7 Å². The maximum atomic E-state index is 11.6. The van der Waals surface area contributed by atoms with Crippen LogP contribution in [0.25, 0.3) is 0 Å². The molecule has 2 unspecified atom stereocenters. The zero-order chi connectivity index (χ0) is 16.8. The van der Waals surface area contributed by atoms with E-state index in [9.17, 15) is 14.7 Å². The minimum absolute atomic E-state index is 0.0248. The van der Waals surface area contributed by atoms with Crippen molar-refractivity contribution in [2.75, 3.05) is 6.61 Å². The number of ketones is 1. The number of cyclic esters (lactones) is 1. The molecule has 2 rings (SSSR count). The Balaban J connectivity index is 2.08. The molecule has 0 aromatic heterocycles. The van der Waals surface area contributed by atoms with Crippen LogP contribution < -0.4 is 0 Å². The van der Waals surface area contributed by atoms with Crippen LogP contribution in [0.4, 0.5) is 0 Å². The number of hydrogen-bond donors (Lipinski definition) is 1. The van der Waals surface area contributed by atoms with E-state index in [0.717, 1.165) is 25.7 Å². The predicted molar refractivity (Wildman–Crippen MR) is 88.1 cm³/mol. The zero-order valence-electron chi connectivity index (χ0n) is 13.7. The summed E-state index contributed by atoms with van der Waals surface area (Å²) in [5.74, 6) is -1.77. The predicted octanol–water partition coefficient (Wildman–Crippen LogP) is 3.92. The van der Waals surface area contributed by atoms with Crippen molar-refractivity contribution in [3.05, 3.63) is 47.2 Å². The van der Waals surface area contributed by atoms with Gasteiger partial charge < -0.3 is 9.84 Å². The van der Waals surface area contributed by atoms with Gasteiger partial charge in [-0.15, -0.1) is 0 Å². The lowest BCUT2D eigenvalue weighted by Crippen LogP contribution is -2.30. The second kappa shape index (κ2) is 7.95. The van der Waals surface area contributed by atoms with Crippen molar-refractivity contribution < 1.29 is 19.4 Å². The van der Waals surface area contributed by atoms with Gasteiger partial charge in [-0.1, -0.05) is 44.2 Å². The van der Waals surface area contributed by atoms with Crippen LogP contribution in [0.2, 0.25) is 0 Å². The summed E-state index contributed by atoms with van der Waals surface area (Å²) in [5, 5.41) is 9.98. The van der Waals surface area contributed by atoms with Crippen LogP contribution in [0.3, 0.4) is 0 Å². The quantitative estimate of drug-likeness (QED) is 0.611. The molecule has 1 aromatic rings. The average Bonchev–Trinajstić information content (AvgIpc) is 2.59. The van der Waals surface area contributed by atoms with Gasteiger partial charge >= 0.3 is 11.8 Å². The number of hydrogen-bond acceptors (Lipinski definition) is 4. The molecule has 0 saturated heterocycles. The molecule has 4 heteroatoms. The molecular formula is C19H24O4. The molecule has 0 fully saturated rings. The van der Waals surface area contributed by atoms with Gasteiger partial charge in [0, 0.05) is 5.57 Å². The lowest BCUT2D eigenvalue weighted by Gasteiger charge is -2.25. The van der Waals surface area contributed by atoms with E-state index in [2.05, 4.69) is 19.1 Å². The second-order valence-corrected chi connectivity index (χ2v) is 5.98. The summed E-state index contributed by atoms with van der Waals surface area (Å²) in [5.41, 5.74) is 1.88. The fraction of sp³-hybridized carbons (Fsp3) is 0.474. The molecule has 0 radical (unpaired) electrons. The summed E-state index contributed by atoms with van der Waals surface area (Å²) < 4.78 is 4.87. The van der Waals surface area contributed by atoms with E-state index in [-0.39, 0.29) is 12.5 Å². The highest BCUT2D eigenvalue weighted by molar-refractivity contribution is 6.40. The largest absolute Gasteiger partial charge is 0.504 e. The number of benzene rings is 1. The van der Waals surface area contributed by atoms with Crippen molar-refractivity contribution in [2.24, 2.45) is 5.92 Å². The normalized spacial score (nSPS) is 17.8. The van der Waals surface area contributed by atoms with Crippen LogP contribution in [0.5, 0.6) is 0 Å². The third-order valence-electron chi connectivity index (χ3n) is 4.68. The molecule has 0 amide bonds. The lowest BCUT2D eigenvalue weighted by atomic mass is 9.84. The standard InChI is InChI=1S/C19H24O4/c1-3-13(15-8-6-5-7-9-15)10-11-14(4-2)16-12-23-19(22)18(21)17(16)20/h5-9,13-14,20H,3-4,10-12H2,1-2H3. The van der Waals surface area contributed by atoms with Gasteiger partial charge in [-0.2, -0.15) is 0 Å². The van der Waals surface area contributed by atoms with Crippen LogP contribution in [-0.2, 0) is 14.3 Å². The van der Waals surface area contributed by atoms with E-state index in [1.54, 1.807) is 0 Å². The minimum Gasteiger partial charge on any atom is -0.504 e. The molecule has 2 atom stereocenters. The van der Waals surface area contributed by atoms with Crippen molar-refractivity contribution in [3.8, 4) is 0 Å². The molecule has 1 N–H and O–H groups in total. The number of Topliss-reactive ketones (excluding diaryl/α,β-unsaturated/α-hetero) is 1. The Morgan fingerprint density at radius 2 is 1.65 bits per heavy atom. The molecule has 4 nitrogen and oxygen atoms in total. The first kappa shape index (κ1) is 17.3. The van der Waals surface area contributed by atoms with Crippen molar-refractivity contribution in [1.29, 1.82) is 0 Å². The van der Waals surface area contributed by atoms with E-state index in [1.807, 2.05) is 25.1 Å². The summed E-state index contributed by atoms with van der Waals surface area (Å²) in [6.07, 6.45) is 3.67. The maximum absolute atomic E-state index is 11.6. The van der Waals surface area contributed by atoms with Gasteiger partial charge in [0.2, 0.25) is 0 Å². The Morgan fingerprint density at radius 3 is 2.26 bits per heavy atom. The molecule has 124 valence electrons. The highest BCUT2D eigenvalue weighted by atomic mass is 16.5. The van der Waals surface area contributed by atoms with E-state index in [0.29, 0.717) is 11.5 Å². The Bertz CT molecular complexity index is 589. The van der Waals surface area contributed by atoms with E-state index in [1.165, 1.54) is 5.56 Å². The maximum Gasteiger partial charge on any atom is 0.383 e. The first-order chi connectivity index (χ1) is 11.1. The summed E-state index contributed by atoms with van der Waals surface area (Å²) in [6.45, 7) is 4.22. The van der Waals surface area contributed by atoms with Crippen molar-refractivity contribution in [1.82, 2.24) is 0 Å². The second-order valence-electron chi connectivity index (χ2n) is 5.98. The minimum atomic E-state index is -0.961. The summed E-state index contributed by atoms with van der Waals surface area (Å²) in [4.78, 5) is 22.8. The molecule has 1 aromatic carbocycles. The highest BCUT2D eigenvalue weighted by Gasteiger charge is 2.32. The molecule has 0 saturated carbocycles. The first-order valence-electron chi connectivity index (χ1n) is 8.26. The van der Waals surface area contributed by atoms with Gasteiger partial charge in [-0.3, -0.25) is 4.79 Å². The van der Waals surface area contributed by atoms with E-state index in [4.69, 9.17) is 4.74 Å². The van der Waals surface area contributed by atoms with Crippen LogP contribution >= 0.6 is 0 Å². The van der Waals surface area contributed by atoms with Crippen LogP contribution in [0.1, 0.15) is 51.0 Å².